The zero-order chi connectivity index (χ0) is 21.6. The lowest BCUT2D eigenvalue weighted by Crippen LogP contribution is -2.48. The predicted molar refractivity (Wildman–Crippen MR) is 127 cm³/mol. The molecule has 1 aromatic heterocycles. The molecule has 0 bridgehead atoms. The van der Waals surface area contributed by atoms with Crippen molar-refractivity contribution in [2.24, 2.45) is 10.4 Å². The van der Waals surface area contributed by atoms with Crippen LogP contribution in [0.5, 0.6) is 0 Å². The van der Waals surface area contributed by atoms with Gasteiger partial charge >= 0.3 is 0 Å². The van der Waals surface area contributed by atoms with E-state index >= 15 is 0 Å². The summed E-state index contributed by atoms with van der Waals surface area (Å²) in [5, 5.41) is 0. The molecule has 3 heterocycles. The first-order valence-electron chi connectivity index (χ1n) is 12.0. The molecule has 2 aromatic rings. The number of aliphatic imine (C=N–C) groups is 1. The third-order valence-electron chi connectivity index (χ3n) is 6.85. The Balaban J connectivity index is 1.42. The number of benzene rings is 1. The zero-order valence-corrected chi connectivity index (χ0v) is 19.3. The normalized spacial score (nSPS) is 25.2. The standard InChI is InChI=1S/C27H38N2O2/c1-26(2)20-27(13-18-31-26,22-29-15-6-7-16-29)21-28-14-12-24(25-11-8-17-30-25)19-23-9-4-3-5-10-23/h3-5,8-11,17,21,24H,6-7,12-16,18-20,22H2,1-2H3. The number of nitrogens with zero attached hydrogens (tertiary/aromatic N) is 2. The Bertz CT molecular complexity index is 809. The van der Waals surface area contributed by atoms with Gasteiger partial charge in [0, 0.05) is 37.2 Å². The molecule has 2 unspecified atom stereocenters. The first-order valence-corrected chi connectivity index (χ1v) is 12.0. The summed E-state index contributed by atoms with van der Waals surface area (Å²) >= 11 is 0. The van der Waals surface area contributed by atoms with Crippen LogP contribution in [-0.4, -0.2) is 49.5 Å². The highest BCUT2D eigenvalue weighted by atomic mass is 16.5. The highest BCUT2D eigenvalue weighted by Gasteiger charge is 2.41. The van der Waals surface area contributed by atoms with Crippen molar-refractivity contribution in [1.82, 2.24) is 4.90 Å². The maximum absolute atomic E-state index is 6.05. The smallest absolute Gasteiger partial charge is 0.107 e. The highest BCUT2D eigenvalue weighted by molar-refractivity contribution is 5.66. The minimum Gasteiger partial charge on any atom is -0.469 e. The molecule has 2 aliphatic heterocycles. The Labute approximate surface area is 187 Å². The van der Waals surface area contributed by atoms with Gasteiger partial charge in [-0.15, -0.1) is 0 Å². The number of hydrogen-bond acceptors (Lipinski definition) is 4. The number of furan rings is 1. The van der Waals surface area contributed by atoms with Gasteiger partial charge in [-0.3, -0.25) is 4.99 Å². The average molecular weight is 423 g/mol. The molecule has 0 spiro atoms. The molecule has 2 atom stereocenters. The van der Waals surface area contributed by atoms with Crippen LogP contribution in [0, 0.1) is 5.41 Å². The van der Waals surface area contributed by atoms with E-state index in [1.165, 1.54) is 31.5 Å². The monoisotopic (exact) mass is 422 g/mol. The lowest BCUT2D eigenvalue weighted by Gasteiger charge is -2.44. The lowest BCUT2D eigenvalue weighted by atomic mass is 9.74. The van der Waals surface area contributed by atoms with E-state index in [1.54, 1.807) is 6.26 Å². The molecular formula is C27H38N2O2. The van der Waals surface area contributed by atoms with Gasteiger partial charge in [-0.25, -0.2) is 0 Å². The van der Waals surface area contributed by atoms with Crippen LogP contribution in [0.25, 0.3) is 0 Å². The van der Waals surface area contributed by atoms with Gasteiger partial charge in [0.15, 0.2) is 0 Å². The average Bonchev–Trinajstić information content (AvgIpc) is 3.45. The minimum absolute atomic E-state index is 0.0754. The summed E-state index contributed by atoms with van der Waals surface area (Å²) in [6.07, 6.45) is 10.9. The van der Waals surface area contributed by atoms with Crippen molar-refractivity contribution in [1.29, 1.82) is 0 Å². The maximum Gasteiger partial charge on any atom is 0.107 e. The highest BCUT2D eigenvalue weighted by Crippen LogP contribution is 2.39. The van der Waals surface area contributed by atoms with Gasteiger partial charge in [-0.1, -0.05) is 30.3 Å². The summed E-state index contributed by atoms with van der Waals surface area (Å²) in [5.74, 6) is 1.42. The summed E-state index contributed by atoms with van der Waals surface area (Å²) < 4.78 is 11.8. The molecule has 31 heavy (non-hydrogen) atoms. The van der Waals surface area contributed by atoms with Crippen molar-refractivity contribution >= 4 is 6.21 Å². The Morgan fingerprint density at radius 1 is 1.10 bits per heavy atom. The van der Waals surface area contributed by atoms with Crippen molar-refractivity contribution in [3.8, 4) is 0 Å². The van der Waals surface area contributed by atoms with Crippen LogP contribution in [0.15, 0.2) is 58.1 Å². The van der Waals surface area contributed by atoms with E-state index in [0.717, 1.165) is 51.1 Å². The van der Waals surface area contributed by atoms with E-state index in [1.807, 2.05) is 6.07 Å². The van der Waals surface area contributed by atoms with E-state index in [-0.39, 0.29) is 11.0 Å². The molecule has 2 fully saturated rings. The Hall–Kier alpha value is -1.91. The molecule has 0 amide bonds. The van der Waals surface area contributed by atoms with Crippen molar-refractivity contribution < 1.29 is 9.15 Å². The maximum atomic E-state index is 6.05. The van der Waals surface area contributed by atoms with E-state index in [2.05, 4.69) is 61.4 Å². The second-order valence-electron chi connectivity index (χ2n) is 10.1. The molecule has 4 rings (SSSR count). The number of likely N-dealkylation sites (tertiary alicyclic amines) is 1. The summed E-state index contributed by atoms with van der Waals surface area (Å²) in [5.41, 5.74) is 1.41. The third kappa shape index (κ3) is 6.30. The summed E-state index contributed by atoms with van der Waals surface area (Å²) in [7, 11) is 0. The van der Waals surface area contributed by atoms with Gasteiger partial charge in [0.25, 0.3) is 0 Å². The molecule has 0 radical (unpaired) electrons. The fourth-order valence-corrected chi connectivity index (χ4v) is 5.45. The van der Waals surface area contributed by atoms with Gasteiger partial charge in [-0.05, 0) is 83.2 Å². The van der Waals surface area contributed by atoms with Crippen LogP contribution in [0.1, 0.15) is 63.2 Å². The number of hydrogen-bond donors (Lipinski definition) is 0. The fraction of sp³-hybridized carbons (Fsp3) is 0.593. The topological polar surface area (TPSA) is 38.0 Å². The SMILES string of the molecule is CC1(C)CC(C=NCCC(Cc2ccccc2)c2ccco2)(CN2CCCC2)CCO1. The van der Waals surface area contributed by atoms with Crippen LogP contribution >= 0.6 is 0 Å². The van der Waals surface area contributed by atoms with E-state index < -0.39 is 0 Å². The first kappa shape index (κ1) is 22.3. The largest absolute Gasteiger partial charge is 0.469 e. The molecule has 1 aromatic carbocycles. The van der Waals surface area contributed by atoms with Crippen LogP contribution in [0.4, 0.5) is 0 Å². The second-order valence-corrected chi connectivity index (χ2v) is 10.1. The second kappa shape index (κ2) is 10.1. The summed E-state index contributed by atoms with van der Waals surface area (Å²) in [6.45, 7) is 9.70. The fourth-order valence-electron chi connectivity index (χ4n) is 5.45. The molecule has 4 nitrogen and oxygen atoms in total. The van der Waals surface area contributed by atoms with Crippen LogP contribution in [-0.2, 0) is 11.2 Å². The molecule has 0 N–H and O–H groups in total. The van der Waals surface area contributed by atoms with E-state index in [0.29, 0.717) is 5.92 Å². The molecule has 2 saturated heterocycles. The van der Waals surface area contributed by atoms with Gasteiger partial charge < -0.3 is 14.1 Å². The number of rotatable bonds is 9. The lowest BCUT2D eigenvalue weighted by molar-refractivity contribution is -0.0897. The van der Waals surface area contributed by atoms with Crippen molar-refractivity contribution in [3.05, 3.63) is 60.1 Å². The minimum atomic E-state index is -0.0754. The van der Waals surface area contributed by atoms with Crippen LogP contribution < -0.4 is 0 Å². The number of ether oxygens (including phenoxy) is 1. The Morgan fingerprint density at radius 3 is 2.61 bits per heavy atom. The van der Waals surface area contributed by atoms with Crippen molar-refractivity contribution in [3.63, 3.8) is 0 Å². The first-order chi connectivity index (χ1) is 15.0. The molecule has 4 heteroatoms. The molecular weight excluding hydrogens is 384 g/mol. The summed E-state index contributed by atoms with van der Waals surface area (Å²) in [4.78, 5) is 7.65. The quantitative estimate of drug-likeness (QED) is 0.484. The van der Waals surface area contributed by atoms with E-state index in [9.17, 15) is 0 Å². The molecule has 0 aliphatic carbocycles. The third-order valence-corrected chi connectivity index (χ3v) is 6.85. The van der Waals surface area contributed by atoms with Crippen molar-refractivity contribution in [2.45, 2.75) is 63.9 Å². The predicted octanol–water partition coefficient (Wildman–Crippen LogP) is 5.74. The molecule has 0 saturated carbocycles. The molecule has 2 aliphatic rings. The van der Waals surface area contributed by atoms with E-state index in [4.69, 9.17) is 14.1 Å². The van der Waals surface area contributed by atoms with Gasteiger partial charge in [0.05, 0.1) is 11.9 Å². The Kier molecular flexibility index (Phi) is 7.29. The van der Waals surface area contributed by atoms with Gasteiger partial charge in [0.2, 0.25) is 0 Å². The van der Waals surface area contributed by atoms with Crippen molar-refractivity contribution in [2.75, 3.05) is 32.8 Å². The van der Waals surface area contributed by atoms with Gasteiger partial charge in [0.1, 0.15) is 5.76 Å². The van der Waals surface area contributed by atoms with Crippen LogP contribution in [0.2, 0.25) is 0 Å². The van der Waals surface area contributed by atoms with Crippen LogP contribution in [0.3, 0.4) is 0 Å². The Morgan fingerprint density at radius 2 is 1.90 bits per heavy atom. The molecule has 168 valence electrons. The zero-order valence-electron chi connectivity index (χ0n) is 19.3. The summed E-state index contributed by atoms with van der Waals surface area (Å²) in [6, 6.07) is 14.8. The van der Waals surface area contributed by atoms with Gasteiger partial charge in [-0.2, -0.15) is 0 Å².